The molecule has 0 atom stereocenters. The molecular weight excluding hydrogens is 219 g/mol. The third-order valence-electron chi connectivity index (χ3n) is 2.03. The van der Waals surface area contributed by atoms with Gasteiger partial charge in [-0.25, -0.2) is 4.39 Å². The molecule has 15 heavy (non-hydrogen) atoms. The third kappa shape index (κ3) is 3.61. The van der Waals surface area contributed by atoms with Crippen LogP contribution in [0.4, 0.5) is 4.39 Å². The van der Waals surface area contributed by atoms with Crippen molar-refractivity contribution >= 4 is 17.4 Å². The van der Waals surface area contributed by atoms with Crippen molar-refractivity contribution in [2.45, 2.75) is 19.3 Å². The summed E-state index contributed by atoms with van der Waals surface area (Å²) >= 11 is 5.58. The molecule has 82 valence electrons. The Kier molecular flexibility index (Phi) is 4.72. The van der Waals surface area contributed by atoms with E-state index < -0.39 is 5.82 Å². The maximum absolute atomic E-state index is 13.4. The van der Waals surface area contributed by atoms with Crippen molar-refractivity contribution < 1.29 is 14.3 Å². The summed E-state index contributed by atoms with van der Waals surface area (Å²) in [6.07, 6.45) is 0.718. The lowest BCUT2D eigenvalue weighted by molar-refractivity contribution is -0.118. The monoisotopic (exact) mass is 230 g/mol. The van der Waals surface area contributed by atoms with Gasteiger partial charge in [0.1, 0.15) is 11.6 Å². The topological polar surface area (TPSA) is 37.3 Å². The van der Waals surface area contributed by atoms with Gasteiger partial charge in [-0.15, -0.1) is 0 Å². The molecule has 1 rings (SSSR count). The number of Topliss-reactive ketones (excluding diaryl/α,β-unsaturated/α-hetero) is 1. The molecule has 0 unspecified atom stereocenters. The zero-order valence-corrected chi connectivity index (χ0v) is 8.93. The van der Waals surface area contributed by atoms with E-state index in [1.54, 1.807) is 6.07 Å². The highest BCUT2D eigenvalue weighted by Gasteiger charge is 2.10. The molecule has 0 radical (unpaired) electrons. The van der Waals surface area contributed by atoms with Gasteiger partial charge in [0.05, 0.1) is 5.02 Å². The van der Waals surface area contributed by atoms with E-state index in [2.05, 4.69) is 0 Å². The molecule has 1 aromatic rings. The zero-order chi connectivity index (χ0) is 11.3. The van der Waals surface area contributed by atoms with Crippen LogP contribution in [0.15, 0.2) is 18.2 Å². The highest BCUT2D eigenvalue weighted by Crippen LogP contribution is 2.18. The number of hydrogen-bond donors (Lipinski definition) is 1. The molecule has 4 heteroatoms. The highest BCUT2D eigenvalue weighted by atomic mass is 35.5. The molecule has 0 saturated heterocycles. The van der Waals surface area contributed by atoms with E-state index in [1.165, 1.54) is 12.1 Å². The fourth-order valence-corrected chi connectivity index (χ4v) is 1.46. The Bertz CT molecular complexity index is 352. The van der Waals surface area contributed by atoms with Crippen molar-refractivity contribution in [1.29, 1.82) is 0 Å². The van der Waals surface area contributed by atoms with Crippen LogP contribution in [0.2, 0.25) is 5.02 Å². The summed E-state index contributed by atoms with van der Waals surface area (Å²) in [7, 11) is 0. The predicted molar refractivity (Wildman–Crippen MR) is 56.4 cm³/mol. The van der Waals surface area contributed by atoms with Crippen molar-refractivity contribution in [2.24, 2.45) is 0 Å². The first-order chi connectivity index (χ1) is 7.15. The molecule has 0 aliphatic heterocycles. The van der Waals surface area contributed by atoms with Gasteiger partial charge in [0, 0.05) is 19.4 Å². The molecule has 0 amide bonds. The van der Waals surface area contributed by atoms with Crippen molar-refractivity contribution in [3.63, 3.8) is 0 Å². The molecule has 0 aromatic heterocycles. The second-order valence-electron chi connectivity index (χ2n) is 3.26. The summed E-state index contributed by atoms with van der Waals surface area (Å²) in [6.45, 7) is -0.0240. The Balaban J connectivity index is 2.64. The van der Waals surface area contributed by atoms with Gasteiger partial charge >= 0.3 is 0 Å². The summed E-state index contributed by atoms with van der Waals surface area (Å²) in [4.78, 5) is 11.3. The number of benzene rings is 1. The summed E-state index contributed by atoms with van der Waals surface area (Å²) in [5, 5.41) is 8.56. The van der Waals surface area contributed by atoms with Crippen molar-refractivity contribution in [3.05, 3.63) is 34.6 Å². The lowest BCUT2D eigenvalue weighted by atomic mass is 10.1. The average Bonchev–Trinajstić information content (AvgIpc) is 2.22. The quantitative estimate of drug-likeness (QED) is 0.843. The van der Waals surface area contributed by atoms with Gasteiger partial charge in [-0.05, 0) is 18.1 Å². The number of aliphatic hydroxyl groups is 1. The van der Waals surface area contributed by atoms with Gasteiger partial charge < -0.3 is 5.11 Å². The number of carbonyl (C=O) groups excluding carboxylic acids is 1. The second-order valence-corrected chi connectivity index (χ2v) is 3.66. The molecule has 0 aliphatic rings. The number of carbonyl (C=O) groups is 1. The van der Waals surface area contributed by atoms with Crippen molar-refractivity contribution in [1.82, 2.24) is 0 Å². The van der Waals surface area contributed by atoms with Gasteiger partial charge in [-0.2, -0.15) is 0 Å². The van der Waals surface area contributed by atoms with Crippen LogP contribution in [-0.2, 0) is 11.2 Å². The maximum Gasteiger partial charge on any atom is 0.145 e. The van der Waals surface area contributed by atoms with Crippen LogP contribution in [0.1, 0.15) is 18.4 Å². The zero-order valence-electron chi connectivity index (χ0n) is 8.17. The first-order valence-corrected chi connectivity index (χ1v) is 5.08. The molecule has 0 heterocycles. The Morgan fingerprint density at radius 2 is 2.20 bits per heavy atom. The average molecular weight is 231 g/mol. The molecule has 0 fully saturated rings. The predicted octanol–water partition coefficient (Wildman–Crippen LogP) is 2.36. The Morgan fingerprint density at radius 1 is 1.47 bits per heavy atom. The third-order valence-corrected chi connectivity index (χ3v) is 2.32. The van der Waals surface area contributed by atoms with Crippen LogP contribution in [0, 0.1) is 5.82 Å². The Hall–Kier alpha value is -0.930. The minimum atomic E-state index is -0.531. The number of halogens is 2. The summed E-state index contributed by atoms with van der Waals surface area (Å²) in [6, 6.07) is 4.59. The Labute approximate surface area is 92.7 Å². The van der Waals surface area contributed by atoms with Crippen LogP contribution in [0.3, 0.4) is 0 Å². The fourth-order valence-electron chi connectivity index (χ4n) is 1.26. The number of aliphatic hydroxyl groups excluding tert-OH is 1. The molecule has 2 nitrogen and oxygen atoms in total. The second kappa shape index (κ2) is 5.83. The Morgan fingerprint density at radius 3 is 2.87 bits per heavy atom. The number of ketones is 1. The summed E-state index contributed by atoms with van der Waals surface area (Å²) < 4.78 is 13.4. The first-order valence-electron chi connectivity index (χ1n) is 4.70. The van der Waals surface area contributed by atoms with Crippen LogP contribution >= 0.6 is 11.6 Å². The minimum absolute atomic E-state index is 0.0240. The molecule has 1 aromatic carbocycles. The van der Waals surface area contributed by atoms with E-state index in [1.807, 2.05) is 0 Å². The number of hydrogen-bond acceptors (Lipinski definition) is 2. The van der Waals surface area contributed by atoms with Crippen LogP contribution < -0.4 is 0 Å². The van der Waals surface area contributed by atoms with E-state index in [0.29, 0.717) is 12.0 Å². The fraction of sp³-hybridized carbons (Fsp3) is 0.364. The lowest BCUT2D eigenvalue weighted by Crippen LogP contribution is -2.05. The summed E-state index contributed by atoms with van der Waals surface area (Å²) in [5.74, 6) is -0.623. The van der Waals surface area contributed by atoms with E-state index in [0.717, 1.165) is 0 Å². The highest BCUT2D eigenvalue weighted by molar-refractivity contribution is 6.30. The molecule has 0 spiro atoms. The molecule has 0 bridgehead atoms. The van der Waals surface area contributed by atoms with Gasteiger partial charge in [-0.3, -0.25) is 4.79 Å². The van der Waals surface area contributed by atoms with Gasteiger partial charge in [0.25, 0.3) is 0 Å². The molecule has 1 N–H and O–H groups in total. The lowest BCUT2D eigenvalue weighted by Gasteiger charge is -2.03. The maximum atomic E-state index is 13.4. The smallest absolute Gasteiger partial charge is 0.145 e. The normalized spacial score (nSPS) is 10.3. The van der Waals surface area contributed by atoms with Crippen LogP contribution in [0.5, 0.6) is 0 Å². The van der Waals surface area contributed by atoms with Crippen molar-refractivity contribution in [2.75, 3.05) is 6.61 Å². The van der Waals surface area contributed by atoms with Crippen LogP contribution in [-0.4, -0.2) is 17.5 Å². The molecule has 0 aliphatic carbocycles. The largest absolute Gasteiger partial charge is 0.396 e. The van der Waals surface area contributed by atoms with E-state index in [9.17, 15) is 9.18 Å². The van der Waals surface area contributed by atoms with Gasteiger partial charge in [0.15, 0.2) is 0 Å². The minimum Gasteiger partial charge on any atom is -0.396 e. The van der Waals surface area contributed by atoms with E-state index >= 15 is 0 Å². The SMILES string of the molecule is O=C(CCCO)Cc1cccc(Cl)c1F. The van der Waals surface area contributed by atoms with Gasteiger partial charge in [0.2, 0.25) is 0 Å². The van der Waals surface area contributed by atoms with Crippen molar-refractivity contribution in [3.8, 4) is 0 Å². The van der Waals surface area contributed by atoms with E-state index in [-0.39, 0.29) is 30.3 Å². The van der Waals surface area contributed by atoms with Gasteiger partial charge in [-0.1, -0.05) is 23.7 Å². The van der Waals surface area contributed by atoms with E-state index in [4.69, 9.17) is 16.7 Å². The number of rotatable bonds is 5. The first kappa shape index (κ1) is 12.1. The summed E-state index contributed by atoms with van der Waals surface area (Å²) in [5.41, 5.74) is 0.311. The molecular formula is C11H12ClFO2. The standard InChI is InChI=1S/C11H12ClFO2/c12-10-5-1-3-8(11(10)13)7-9(15)4-2-6-14/h1,3,5,14H,2,4,6-7H2. The molecule has 0 saturated carbocycles. The van der Waals surface area contributed by atoms with Crippen LogP contribution in [0.25, 0.3) is 0 Å².